The number of hydrogen-bond acceptors (Lipinski definition) is 10. The molecule has 4 atom stereocenters. The monoisotopic (exact) mass is 717 g/mol. The summed E-state index contributed by atoms with van der Waals surface area (Å²) >= 11 is 0. The zero-order chi connectivity index (χ0) is 36.4. The summed E-state index contributed by atoms with van der Waals surface area (Å²) in [6.45, 7) is 2.39. The molecule has 2 saturated carbocycles. The van der Waals surface area contributed by atoms with E-state index in [1.54, 1.807) is 17.0 Å². The number of aliphatic hydroxyl groups is 1. The van der Waals surface area contributed by atoms with Crippen LogP contribution in [0, 0.1) is 0 Å². The Balaban J connectivity index is 1.25. The first-order valence-corrected chi connectivity index (χ1v) is 17.7. The van der Waals surface area contributed by atoms with Crippen LogP contribution < -0.4 is 16.4 Å². The Hall–Kier alpha value is -5.02. The highest BCUT2D eigenvalue weighted by molar-refractivity contribution is 5.84. The van der Waals surface area contributed by atoms with Crippen LogP contribution >= 0.6 is 0 Å². The minimum Gasteiger partial charge on any atom is -0.451 e. The maximum absolute atomic E-state index is 13.4. The average Bonchev–Trinajstić information content (AvgIpc) is 3.87. The summed E-state index contributed by atoms with van der Waals surface area (Å²) in [5.41, 5.74) is 10.0. The number of carbonyl (C=O) groups excluding carboxylic acids is 1. The molecule has 0 saturated heterocycles. The molecule has 12 nitrogen and oxygen atoms in total. The van der Waals surface area contributed by atoms with Crippen molar-refractivity contribution < 1.29 is 27.8 Å². The number of rotatable bonds is 11. The van der Waals surface area contributed by atoms with E-state index in [4.69, 9.17) is 20.4 Å². The Morgan fingerprint density at radius 3 is 2.31 bits per heavy atom. The summed E-state index contributed by atoms with van der Waals surface area (Å²) in [4.78, 5) is 26.5. The van der Waals surface area contributed by atoms with E-state index in [1.807, 2.05) is 43.3 Å². The number of nitrogens with two attached hydrogens (primary N) is 1. The summed E-state index contributed by atoms with van der Waals surface area (Å²) in [6.07, 6.45) is 0.619. The van der Waals surface area contributed by atoms with Crippen LogP contribution in [-0.4, -0.2) is 77.4 Å². The third-order valence-corrected chi connectivity index (χ3v) is 10.2. The third kappa shape index (κ3) is 7.46. The molecule has 2 fully saturated rings. The molecule has 0 bridgehead atoms. The van der Waals surface area contributed by atoms with Gasteiger partial charge >= 0.3 is 12.1 Å². The molecule has 5 aromatic rings. The van der Waals surface area contributed by atoms with E-state index in [2.05, 4.69) is 45.0 Å². The number of anilines is 2. The van der Waals surface area contributed by atoms with Gasteiger partial charge in [0.15, 0.2) is 23.1 Å². The van der Waals surface area contributed by atoms with Gasteiger partial charge < -0.3 is 30.8 Å². The van der Waals surface area contributed by atoms with Crippen LogP contribution in [0.3, 0.4) is 0 Å². The fourth-order valence-corrected chi connectivity index (χ4v) is 7.37. The van der Waals surface area contributed by atoms with Crippen LogP contribution in [0.15, 0.2) is 79.4 Å². The zero-order valence-electron chi connectivity index (χ0n) is 28.7. The fourth-order valence-electron chi connectivity index (χ4n) is 7.37. The summed E-state index contributed by atoms with van der Waals surface area (Å²) in [7, 11) is 0. The molecule has 0 unspecified atom stereocenters. The van der Waals surface area contributed by atoms with Gasteiger partial charge in [0.1, 0.15) is 6.10 Å². The topological polar surface area (TPSA) is 158 Å². The SMILES string of the molecule is CCc1cnn([C@H]2C[C@@H](n3cnc4c(NCC(c5ccccc5)c5ccccc5)nc(NC5CCC(N)CC5)nc43)[C@H](O)[C@@H]2OC(=O)C(F)(F)F)c1. The summed E-state index contributed by atoms with van der Waals surface area (Å²) in [5.74, 6) is -1.61. The second kappa shape index (κ2) is 14.9. The molecule has 0 radical (unpaired) electrons. The number of fused-ring (bicyclic) bond motifs is 1. The molecule has 2 aliphatic carbocycles. The molecule has 2 aliphatic rings. The predicted molar refractivity (Wildman–Crippen MR) is 189 cm³/mol. The van der Waals surface area contributed by atoms with Crippen LogP contribution in [0.4, 0.5) is 24.9 Å². The minimum atomic E-state index is -5.24. The first kappa shape index (κ1) is 35.4. The second-order valence-corrected chi connectivity index (χ2v) is 13.6. The molecule has 0 aliphatic heterocycles. The molecule has 7 rings (SSSR count). The van der Waals surface area contributed by atoms with Crippen LogP contribution in [-0.2, 0) is 16.0 Å². The summed E-state index contributed by atoms with van der Waals surface area (Å²) in [5, 5.41) is 23.0. The van der Waals surface area contributed by atoms with E-state index >= 15 is 0 Å². The maximum atomic E-state index is 13.4. The number of esters is 1. The van der Waals surface area contributed by atoms with E-state index in [1.165, 1.54) is 11.0 Å². The average molecular weight is 718 g/mol. The van der Waals surface area contributed by atoms with Gasteiger partial charge in [0.25, 0.3) is 0 Å². The number of nitrogens with one attached hydrogen (secondary N) is 2. The number of ether oxygens (including phenoxy) is 1. The second-order valence-electron chi connectivity index (χ2n) is 13.6. The predicted octanol–water partition coefficient (Wildman–Crippen LogP) is 5.53. The quantitative estimate of drug-likeness (QED) is 0.128. The van der Waals surface area contributed by atoms with E-state index in [0.29, 0.717) is 35.9 Å². The number of benzene rings is 2. The van der Waals surface area contributed by atoms with E-state index < -0.39 is 36.4 Å². The number of imidazole rings is 1. The van der Waals surface area contributed by atoms with Crippen molar-refractivity contribution in [1.29, 1.82) is 0 Å². The van der Waals surface area contributed by atoms with Gasteiger partial charge in [-0.15, -0.1) is 0 Å². The van der Waals surface area contributed by atoms with Crippen LogP contribution in [0.2, 0.25) is 0 Å². The van der Waals surface area contributed by atoms with Crippen molar-refractivity contribution in [3.05, 3.63) is 96.1 Å². The van der Waals surface area contributed by atoms with Gasteiger partial charge in [-0.2, -0.15) is 28.2 Å². The Labute approximate surface area is 298 Å². The first-order valence-electron chi connectivity index (χ1n) is 17.7. The van der Waals surface area contributed by atoms with Crippen LogP contribution in [0.1, 0.15) is 73.7 Å². The smallest absolute Gasteiger partial charge is 0.451 e. The normalized spacial score (nSPS) is 23.6. The molecular weight excluding hydrogens is 675 g/mol. The number of alkyl halides is 3. The number of aliphatic hydroxyl groups excluding tert-OH is 1. The molecule has 5 N–H and O–H groups in total. The van der Waals surface area contributed by atoms with Gasteiger partial charge in [-0.25, -0.2) is 9.78 Å². The molecule has 3 aromatic heterocycles. The first-order chi connectivity index (χ1) is 25.1. The van der Waals surface area contributed by atoms with E-state index in [0.717, 1.165) is 42.4 Å². The van der Waals surface area contributed by atoms with Gasteiger partial charge in [0.2, 0.25) is 5.95 Å². The lowest BCUT2D eigenvalue weighted by atomic mass is 9.91. The number of aryl methyl sites for hydroxylation is 1. The molecule has 274 valence electrons. The molecule has 3 heterocycles. The molecule has 2 aromatic carbocycles. The lowest BCUT2D eigenvalue weighted by Gasteiger charge is -2.27. The lowest BCUT2D eigenvalue weighted by Crippen LogP contribution is -2.39. The van der Waals surface area contributed by atoms with Gasteiger partial charge in [-0.05, 0) is 55.2 Å². The number of nitrogens with zero attached hydrogens (tertiary/aromatic N) is 6. The van der Waals surface area contributed by atoms with Crippen molar-refractivity contribution >= 4 is 28.9 Å². The standard InChI is InChI=1S/C37H42F3N9O3/c1-2-22-18-44-49(20-22)29-17-28(31(50)32(29)52-35(51)37(38,39)40)48-21-43-30-33(46-36(47-34(30)48)45-26-15-13-25(41)14-16-26)42-19-27(23-9-5-3-6-10-23)24-11-7-4-8-12-24/h3-12,18,20-21,25-29,31-32,50H,2,13-17,19,41H2,1H3,(H2,42,45,46,47)/t25?,26?,28-,29+,31+,32-/m1/s1. The van der Waals surface area contributed by atoms with Gasteiger partial charge in [0, 0.05) is 30.7 Å². The van der Waals surface area contributed by atoms with E-state index in [-0.39, 0.29) is 24.4 Å². The number of aromatic nitrogens is 6. The minimum absolute atomic E-state index is 0.0330. The number of hydrogen-bond donors (Lipinski definition) is 4. The van der Waals surface area contributed by atoms with Crippen molar-refractivity contribution in [2.24, 2.45) is 5.73 Å². The van der Waals surface area contributed by atoms with Gasteiger partial charge in [-0.3, -0.25) is 4.68 Å². The maximum Gasteiger partial charge on any atom is 0.490 e. The van der Waals surface area contributed by atoms with Crippen molar-refractivity contribution in [2.75, 3.05) is 17.2 Å². The molecule has 15 heteroatoms. The molecular formula is C37H42F3N9O3. The third-order valence-electron chi connectivity index (χ3n) is 10.2. The fraction of sp³-hybridized carbons (Fsp3) is 0.432. The highest BCUT2D eigenvalue weighted by Crippen LogP contribution is 2.42. The van der Waals surface area contributed by atoms with Gasteiger partial charge in [0.05, 0.1) is 24.6 Å². The lowest BCUT2D eigenvalue weighted by molar-refractivity contribution is -0.210. The number of carbonyl (C=O) groups is 1. The Morgan fingerprint density at radius 1 is 1.02 bits per heavy atom. The Kier molecular flexibility index (Phi) is 10.1. The largest absolute Gasteiger partial charge is 0.490 e. The van der Waals surface area contributed by atoms with Crippen LogP contribution in [0.25, 0.3) is 11.2 Å². The molecule has 52 heavy (non-hydrogen) atoms. The Morgan fingerprint density at radius 2 is 1.69 bits per heavy atom. The number of halogens is 3. The van der Waals surface area contributed by atoms with Crippen LogP contribution in [0.5, 0.6) is 0 Å². The summed E-state index contributed by atoms with van der Waals surface area (Å²) in [6, 6.07) is 18.7. The van der Waals surface area contributed by atoms with E-state index in [9.17, 15) is 23.1 Å². The van der Waals surface area contributed by atoms with Crippen molar-refractivity contribution in [2.45, 2.75) is 93.9 Å². The molecule has 0 spiro atoms. The highest BCUT2D eigenvalue weighted by Gasteiger charge is 2.51. The highest BCUT2D eigenvalue weighted by atomic mass is 19.4. The molecule has 0 amide bonds. The Bertz CT molecular complexity index is 1920. The van der Waals surface area contributed by atoms with Crippen molar-refractivity contribution in [3.63, 3.8) is 0 Å². The van der Waals surface area contributed by atoms with Gasteiger partial charge in [-0.1, -0.05) is 67.6 Å². The van der Waals surface area contributed by atoms with Crippen molar-refractivity contribution in [3.8, 4) is 0 Å². The van der Waals surface area contributed by atoms with Crippen molar-refractivity contribution in [1.82, 2.24) is 29.3 Å². The zero-order valence-corrected chi connectivity index (χ0v) is 28.7. The summed E-state index contributed by atoms with van der Waals surface area (Å²) < 4.78 is 48.3.